The third-order valence-corrected chi connectivity index (χ3v) is 7.44. The number of para-hydroxylation sites is 1. The summed E-state index contributed by atoms with van der Waals surface area (Å²) in [6.45, 7) is 17.0. The molecule has 39 heavy (non-hydrogen) atoms. The molecule has 2 N–H and O–H groups in total. The summed E-state index contributed by atoms with van der Waals surface area (Å²) in [5, 5.41) is 6.21. The van der Waals surface area contributed by atoms with E-state index < -0.39 is 23.8 Å². The lowest BCUT2D eigenvalue weighted by Crippen LogP contribution is -2.55. The Labute approximate surface area is 237 Å². The molecule has 2 aromatic carbocycles. The van der Waals surface area contributed by atoms with Gasteiger partial charge in [0, 0.05) is 6.04 Å². The summed E-state index contributed by atoms with van der Waals surface area (Å²) in [5.74, 6) is -0.704. The number of amides is 3. The van der Waals surface area contributed by atoms with Crippen LogP contribution in [0, 0.1) is 32.6 Å². The molecule has 0 aliphatic heterocycles. The molecule has 7 nitrogen and oxygen atoms in total. The van der Waals surface area contributed by atoms with Crippen LogP contribution < -0.4 is 10.6 Å². The third kappa shape index (κ3) is 7.53. The predicted octanol–water partition coefficient (Wildman–Crippen LogP) is 6.73. The average Bonchev–Trinajstić information content (AvgIpc) is 3.54. The quantitative estimate of drug-likeness (QED) is 0.378. The van der Waals surface area contributed by atoms with Crippen molar-refractivity contribution in [1.29, 1.82) is 0 Å². The Balaban J connectivity index is 2.08. The van der Waals surface area contributed by atoms with E-state index in [-0.39, 0.29) is 29.7 Å². The normalized spacial score (nSPS) is 18.2. The molecule has 4 atom stereocenters. The van der Waals surface area contributed by atoms with Gasteiger partial charge in [0.2, 0.25) is 5.91 Å². The Kier molecular flexibility index (Phi) is 9.37. The lowest BCUT2D eigenvalue weighted by Gasteiger charge is -2.36. The number of carbonyl (C=O) groups is 3. The number of hydrogen-bond donors (Lipinski definition) is 2. The minimum Gasteiger partial charge on any atom is -0.444 e. The summed E-state index contributed by atoms with van der Waals surface area (Å²) in [7, 11) is 0. The summed E-state index contributed by atoms with van der Waals surface area (Å²) in [4.78, 5) is 42.8. The highest BCUT2D eigenvalue weighted by Crippen LogP contribution is 2.42. The van der Waals surface area contributed by atoms with Gasteiger partial charge in [0.25, 0.3) is 5.91 Å². The van der Waals surface area contributed by atoms with Gasteiger partial charge in [-0.25, -0.2) is 4.79 Å². The Morgan fingerprint density at radius 3 is 2.18 bits per heavy atom. The van der Waals surface area contributed by atoms with Crippen molar-refractivity contribution >= 4 is 35.2 Å². The number of rotatable bonds is 8. The number of nitrogens with one attached hydrogen (secondary N) is 2. The summed E-state index contributed by atoms with van der Waals surface area (Å²) in [6.07, 6.45) is 0.0974. The van der Waals surface area contributed by atoms with Gasteiger partial charge in [-0.1, -0.05) is 62.7 Å². The van der Waals surface area contributed by atoms with Gasteiger partial charge in [-0.05, 0) is 88.1 Å². The molecule has 8 heteroatoms. The van der Waals surface area contributed by atoms with Crippen molar-refractivity contribution in [3.8, 4) is 0 Å². The van der Waals surface area contributed by atoms with E-state index in [1.54, 1.807) is 31.7 Å². The molecular formula is C31H42ClN3O4. The van der Waals surface area contributed by atoms with E-state index in [4.69, 9.17) is 16.3 Å². The Bertz CT molecular complexity index is 1220. The fourth-order valence-corrected chi connectivity index (χ4v) is 4.90. The molecule has 4 unspecified atom stereocenters. The van der Waals surface area contributed by atoms with Crippen LogP contribution >= 0.6 is 11.6 Å². The molecule has 0 spiro atoms. The number of anilines is 1. The number of carbonyl (C=O) groups excluding carboxylic acids is 3. The van der Waals surface area contributed by atoms with E-state index >= 15 is 0 Å². The molecular weight excluding hydrogens is 514 g/mol. The summed E-state index contributed by atoms with van der Waals surface area (Å²) in [6, 6.07) is 9.28. The third-order valence-electron chi connectivity index (χ3n) is 7.13. The molecule has 0 bridgehead atoms. The SMILES string of the molecule is Cc1ccc(C(C(=O)Nc2c(C)cccc2Cl)N(C(=O)C(NC(=O)OC(C)(C)C)C(C)C)C2CC2C)cc1C. The Morgan fingerprint density at radius 2 is 1.67 bits per heavy atom. The zero-order valence-electron chi connectivity index (χ0n) is 24.5. The van der Waals surface area contributed by atoms with Gasteiger partial charge in [-0.3, -0.25) is 9.59 Å². The molecule has 1 fully saturated rings. The van der Waals surface area contributed by atoms with Crippen LogP contribution in [0.15, 0.2) is 36.4 Å². The lowest BCUT2D eigenvalue weighted by atomic mass is 9.96. The van der Waals surface area contributed by atoms with E-state index in [0.29, 0.717) is 16.3 Å². The summed E-state index contributed by atoms with van der Waals surface area (Å²) >= 11 is 6.46. The molecule has 0 radical (unpaired) electrons. The van der Waals surface area contributed by atoms with Crippen LogP contribution in [0.1, 0.15) is 76.3 Å². The zero-order valence-corrected chi connectivity index (χ0v) is 25.3. The predicted molar refractivity (Wildman–Crippen MR) is 156 cm³/mol. The van der Waals surface area contributed by atoms with Crippen molar-refractivity contribution in [1.82, 2.24) is 10.2 Å². The number of alkyl carbamates (subject to hydrolysis) is 1. The smallest absolute Gasteiger partial charge is 0.408 e. The monoisotopic (exact) mass is 555 g/mol. The van der Waals surface area contributed by atoms with Crippen LogP contribution in [0.25, 0.3) is 0 Å². The molecule has 0 saturated heterocycles. The second kappa shape index (κ2) is 12.0. The highest BCUT2D eigenvalue weighted by atomic mass is 35.5. The van der Waals surface area contributed by atoms with Gasteiger partial charge >= 0.3 is 6.09 Å². The molecule has 3 rings (SSSR count). The fourth-order valence-electron chi connectivity index (χ4n) is 4.64. The number of benzene rings is 2. The first kappa shape index (κ1) is 30.5. The molecule has 1 saturated carbocycles. The van der Waals surface area contributed by atoms with E-state index in [1.807, 2.05) is 65.0 Å². The average molecular weight is 556 g/mol. The molecule has 3 amide bonds. The zero-order chi connectivity index (χ0) is 29.2. The lowest BCUT2D eigenvalue weighted by molar-refractivity contribution is -0.142. The number of aryl methyl sites for hydroxylation is 3. The molecule has 1 aliphatic carbocycles. The van der Waals surface area contributed by atoms with Crippen molar-refractivity contribution in [3.05, 3.63) is 63.7 Å². The van der Waals surface area contributed by atoms with E-state index in [9.17, 15) is 14.4 Å². The van der Waals surface area contributed by atoms with Crippen molar-refractivity contribution in [2.24, 2.45) is 11.8 Å². The Morgan fingerprint density at radius 1 is 1.03 bits per heavy atom. The largest absolute Gasteiger partial charge is 0.444 e. The topological polar surface area (TPSA) is 87.7 Å². The van der Waals surface area contributed by atoms with Gasteiger partial charge < -0.3 is 20.3 Å². The first-order valence-corrected chi connectivity index (χ1v) is 13.9. The molecule has 212 valence electrons. The van der Waals surface area contributed by atoms with Crippen molar-refractivity contribution in [2.45, 2.75) is 92.5 Å². The van der Waals surface area contributed by atoms with Crippen LogP contribution in [0.4, 0.5) is 10.5 Å². The number of ether oxygens (including phenoxy) is 1. The van der Waals surface area contributed by atoms with E-state index in [1.165, 1.54) is 0 Å². The minimum absolute atomic E-state index is 0.149. The first-order chi connectivity index (χ1) is 18.1. The first-order valence-electron chi connectivity index (χ1n) is 13.6. The molecule has 0 heterocycles. The van der Waals surface area contributed by atoms with Crippen LogP contribution in [0.3, 0.4) is 0 Å². The summed E-state index contributed by atoms with van der Waals surface area (Å²) < 4.78 is 5.46. The second-order valence-corrected chi connectivity index (χ2v) is 12.5. The molecule has 1 aliphatic rings. The second-order valence-electron chi connectivity index (χ2n) is 12.1. The highest BCUT2D eigenvalue weighted by Gasteiger charge is 2.48. The number of nitrogens with zero attached hydrogens (tertiary/aromatic N) is 1. The van der Waals surface area contributed by atoms with Gasteiger partial charge in [-0.2, -0.15) is 0 Å². The fraction of sp³-hybridized carbons (Fsp3) is 0.516. The van der Waals surface area contributed by atoms with Crippen LogP contribution in [-0.4, -0.2) is 40.5 Å². The minimum atomic E-state index is -0.927. The van der Waals surface area contributed by atoms with Gasteiger partial charge in [-0.15, -0.1) is 0 Å². The highest BCUT2D eigenvalue weighted by molar-refractivity contribution is 6.34. The maximum Gasteiger partial charge on any atom is 0.408 e. The van der Waals surface area contributed by atoms with Crippen LogP contribution in [-0.2, 0) is 14.3 Å². The van der Waals surface area contributed by atoms with Crippen molar-refractivity contribution in [3.63, 3.8) is 0 Å². The molecule has 2 aromatic rings. The van der Waals surface area contributed by atoms with Crippen LogP contribution in [0.5, 0.6) is 0 Å². The summed E-state index contributed by atoms with van der Waals surface area (Å²) in [5.41, 5.74) is 3.42. The van der Waals surface area contributed by atoms with Gasteiger partial charge in [0.15, 0.2) is 0 Å². The van der Waals surface area contributed by atoms with Crippen molar-refractivity contribution in [2.75, 3.05) is 5.32 Å². The van der Waals surface area contributed by atoms with Gasteiger partial charge in [0.1, 0.15) is 17.7 Å². The number of hydrogen-bond acceptors (Lipinski definition) is 4. The maximum atomic E-state index is 14.3. The van der Waals surface area contributed by atoms with E-state index in [2.05, 4.69) is 17.6 Å². The van der Waals surface area contributed by atoms with Crippen molar-refractivity contribution < 1.29 is 19.1 Å². The Hall–Kier alpha value is -3.06. The van der Waals surface area contributed by atoms with Crippen LogP contribution in [0.2, 0.25) is 5.02 Å². The molecule has 0 aromatic heterocycles. The van der Waals surface area contributed by atoms with E-state index in [0.717, 1.165) is 23.1 Å². The van der Waals surface area contributed by atoms with Gasteiger partial charge in [0.05, 0.1) is 10.7 Å². The number of halogens is 1. The standard InChI is InChI=1S/C31H42ClN3O4/c1-17(2)25(34-30(38)39-31(7,8)9)29(37)35(24-16-21(24)6)27(22-14-13-18(3)20(5)15-22)28(36)33-26-19(4)11-10-12-23(26)32/h10-15,17,21,24-25,27H,16H2,1-9H3,(H,33,36)(H,34,38). The maximum absolute atomic E-state index is 14.3.